The molecule has 1 aliphatic heterocycles. The van der Waals surface area contributed by atoms with Crippen molar-refractivity contribution in [1.29, 1.82) is 0 Å². The number of hydrogen-bond acceptors (Lipinski definition) is 8. The minimum absolute atomic E-state index is 0.132. The molecule has 7 unspecified atom stereocenters. The first-order chi connectivity index (χ1) is 15.4. The Morgan fingerprint density at radius 3 is 2.19 bits per heavy atom. The summed E-state index contributed by atoms with van der Waals surface area (Å²) in [7, 11) is 0. The number of nitrogens with two attached hydrogens (primary N) is 1. The van der Waals surface area contributed by atoms with Gasteiger partial charge in [0.05, 0.1) is 25.4 Å². The normalized spacial score (nSPS) is 28.5. The Bertz CT molecular complexity index is 515. The molecule has 0 aromatic heterocycles. The second-order valence-corrected chi connectivity index (χ2v) is 8.57. The van der Waals surface area contributed by atoms with Gasteiger partial charge >= 0.3 is 0 Å². The van der Waals surface area contributed by atoms with E-state index in [1.807, 2.05) is 6.08 Å². The van der Waals surface area contributed by atoms with Gasteiger partial charge in [-0.1, -0.05) is 69.8 Å². The molecule has 0 radical (unpaired) electrons. The van der Waals surface area contributed by atoms with Crippen LogP contribution in [0.3, 0.4) is 0 Å². The molecule has 0 aromatic carbocycles. The Labute approximate surface area is 192 Å². The number of rotatable bonds is 17. The van der Waals surface area contributed by atoms with E-state index in [1.165, 1.54) is 44.9 Å². The highest BCUT2D eigenvalue weighted by Gasteiger charge is 2.44. The summed E-state index contributed by atoms with van der Waals surface area (Å²) in [6, 6.07) is -0.758. The number of aliphatic hydroxyl groups excluding tert-OH is 5. The molecule has 0 amide bonds. The average Bonchev–Trinajstić information content (AvgIpc) is 2.79. The molecular formula is C24H45NO7. The molecule has 1 saturated heterocycles. The molecule has 8 nitrogen and oxygen atoms in total. The standard InChI is InChI=1S/C24H45NO7/c1-2-3-4-5-6-7-8-9-10-11-12-13-14-15-19(27)18(25)17-31-24-23(30)22(29)21(28)20(16-26)32-24/h10-11,14-15,18-24,26-30H,2-9,12-13,16-17,25H2,1H3. The van der Waals surface area contributed by atoms with E-state index in [1.54, 1.807) is 6.08 Å². The van der Waals surface area contributed by atoms with Gasteiger partial charge in [-0.15, -0.1) is 0 Å². The van der Waals surface area contributed by atoms with Crippen molar-refractivity contribution >= 4 is 0 Å². The minimum atomic E-state index is -1.51. The van der Waals surface area contributed by atoms with Crippen LogP contribution >= 0.6 is 0 Å². The van der Waals surface area contributed by atoms with Gasteiger partial charge < -0.3 is 40.7 Å². The van der Waals surface area contributed by atoms with Crippen LogP contribution in [0.5, 0.6) is 0 Å². The van der Waals surface area contributed by atoms with E-state index in [9.17, 15) is 25.5 Å². The topological polar surface area (TPSA) is 146 Å². The first kappa shape index (κ1) is 29.2. The monoisotopic (exact) mass is 459 g/mol. The number of allylic oxidation sites excluding steroid dienone is 3. The van der Waals surface area contributed by atoms with Crippen LogP contribution < -0.4 is 5.73 Å². The SMILES string of the molecule is CCCCCCCCCC=CCCC=CC(O)C(N)COC1OC(CO)C(O)C(O)C1O. The van der Waals surface area contributed by atoms with Crippen LogP contribution in [0.4, 0.5) is 0 Å². The zero-order valence-corrected chi connectivity index (χ0v) is 19.5. The van der Waals surface area contributed by atoms with Crippen molar-refractivity contribution < 1.29 is 35.0 Å². The quantitative estimate of drug-likeness (QED) is 0.142. The molecule has 188 valence electrons. The fourth-order valence-electron chi connectivity index (χ4n) is 3.54. The Morgan fingerprint density at radius 1 is 0.875 bits per heavy atom. The highest BCUT2D eigenvalue weighted by Crippen LogP contribution is 2.22. The van der Waals surface area contributed by atoms with E-state index in [4.69, 9.17) is 15.2 Å². The second-order valence-electron chi connectivity index (χ2n) is 8.57. The van der Waals surface area contributed by atoms with Gasteiger partial charge in [-0.25, -0.2) is 0 Å². The maximum absolute atomic E-state index is 10.1. The van der Waals surface area contributed by atoms with Crippen molar-refractivity contribution in [3.05, 3.63) is 24.3 Å². The van der Waals surface area contributed by atoms with Crippen molar-refractivity contribution in [3.63, 3.8) is 0 Å². The summed E-state index contributed by atoms with van der Waals surface area (Å²) in [4.78, 5) is 0. The first-order valence-corrected chi connectivity index (χ1v) is 12.1. The summed E-state index contributed by atoms with van der Waals surface area (Å²) in [6.07, 6.45) is 12.2. The van der Waals surface area contributed by atoms with Crippen molar-refractivity contribution in [3.8, 4) is 0 Å². The number of aliphatic hydroxyl groups is 5. The number of ether oxygens (including phenoxy) is 2. The third-order valence-corrected chi connectivity index (χ3v) is 5.71. The molecule has 1 heterocycles. The van der Waals surface area contributed by atoms with E-state index >= 15 is 0 Å². The van der Waals surface area contributed by atoms with Gasteiger partial charge in [0.25, 0.3) is 0 Å². The van der Waals surface area contributed by atoms with E-state index < -0.39 is 49.5 Å². The smallest absolute Gasteiger partial charge is 0.186 e. The summed E-state index contributed by atoms with van der Waals surface area (Å²) < 4.78 is 10.6. The van der Waals surface area contributed by atoms with Crippen molar-refractivity contribution in [2.75, 3.05) is 13.2 Å². The third kappa shape index (κ3) is 11.3. The minimum Gasteiger partial charge on any atom is -0.394 e. The highest BCUT2D eigenvalue weighted by atomic mass is 16.7. The molecule has 1 rings (SSSR count). The Hall–Kier alpha value is -0.840. The molecule has 0 aliphatic carbocycles. The van der Waals surface area contributed by atoms with Gasteiger partial charge in [0.1, 0.15) is 24.4 Å². The van der Waals surface area contributed by atoms with Crippen LogP contribution in [0, 0.1) is 0 Å². The van der Waals surface area contributed by atoms with Gasteiger partial charge in [0.15, 0.2) is 6.29 Å². The van der Waals surface area contributed by atoms with E-state index in [0.29, 0.717) is 0 Å². The first-order valence-electron chi connectivity index (χ1n) is 12.1. The lowest BCUT2D eigenvalue weighted by atomic mass is 9.99. The second kappa shape index (κ2) is 17.6. The number of unbranched alkanes of at least 4 members (excludes halogenated alkanes) is 8. The van der Waals surface area contributed by atoms with Crippen LogP contribution in [0.2, 0.25) is 0 Å². The summed E-state index contributed by atoms with van der Waals surface area (Å²) >= 11 is 0. The fraction of sp³-hybridized carbons (Fsp3) is 0.833. The lowest BCUT2D eigenvalue weighted by Gasteiger charge is -2.39. The fourth-order valence-corrected chi connectivity index (χ4v) is 3.54. The molecule has 32 heavy (non-hydrogen) atoms. The summed E-state index contributed by atoms with van der Waals surface area (Å²) in [5.41, 5.74) is 5.92. The van der Waals surface area contributed by atoms with Gasteiger partial charge in [0.2, 0.25) is 0 Å². The zero-order valence-electron chi connectivity index (χ0n) is 19.5. The molecule has 0 aromatic rings. The molecule has 0 bridgehead atoms. The molecule has 1 fully saturated rings. The predicted octanol–water partition coefficient (Wildman–Crippen LogP) is 1.52. The highest BCUT2D eigenvalue weighted by molar-refractivity contribution is 4.96. The van der Waals surface area contributed by atoms with Crippen LogP contribution in [-0.2, 0) is 9.47 Å². The van der Waals surface area contributed by atoms with Gasteiger partial charge in [0, 0.05) is 0 Å². The number of hydrogen-bond donors (Lipinski definition) is 6. The van der Waals surface area contributed by atoms with Gasteiger partial charge in [-0.2, -0.15) is 0 Å². The van der Waals surface area contributed by atoms with Crippen LogP contribution in [0.1, 0.15) is 71.1 Å². The summed E-state index contributed by atoms with van der Waals surface area (Å²) in [5, 5.41) is 48.8. The molecule has 0 saturated carbocycles. The molecule has 0 spiro atoms. The molecular weight excluding hydrogens is 414 g/mol. The molecule has 1 aliphatic rings. The maximum atomic E-state index is 10.1. The molecule has 7 atom stereocenters. The third-order valence-electron chi connectivity index (χ3n) is 5.71. The zero-order chi connectivity index (χ0) is 23.8. The average molecular weight is 460 g/mol. The Morgan fingerprint density at radius 2 is 1.50 bits per heavy atom. The molecule has 8 heteroatoms. The molecule has 7 N–H and O–H groups in total. The lowest BCUT2D eigenvalue weighted by molar-refractivity contribution is -0.302. The van der Waals surface area contributed by atoms with Crippen molar-refractivity contribution in [2.45, 2.75) is 114 Å². The van der Waals surface area contributed by atoms with Gasteiger partial charge in [-0.3, -0.25) is 0 Å². The summed E-state index contributed by atoms with van der Waals surface area (Å²) in [6.45, 7) is 1.57. The Balaban J connectivity index is 2.16. The lowest BCUT2D eigenvalue weighted by Crippen LogP contribution is -2.59. The Kier molecular flexibility index (Phi) is 16.1. The van der Waals surface area contributed by atoms with E-state index in [0.717, 1.165) is 19.3 Å². The van der Waals surface area contributed by atoms with E-state index in [-0.39, 0.29) is 6.61 Å². The van der Waals surface area contributed by atoms with E-state index in [2.05, 4.69) is 19.1 Å². The van der Waals surface area contributed by atoms with Crippen LogP contribution in [0.15, 0.2) is 24.3 Å². The van der Waals surface area contributed by atoms with Crippen molar-refractivity contribution in [2.24, 2.45) is 5.73 Å². The largest absolute Gasteiger partial charge is 0.394 e. The maximum Gasteiger partial charge on any atom is 0.186 e. The van der Waals surface area contributed by atoms with Gasteiger partial charge in [-0.05, 0) is 25.7 Å². The van der Waals surface area contributed by atoms with Crippen molar-refractivity contribution in [1.82, 2.24) is 0 Å². The van der Waals surface area contributed by atoms with Crippen LogP contribution in [0.25, 0.3) is 0 Å². The predicted molar refractivity (Wildman–Crippen MR) is 124 cm³/mol. The van der Waals surface area contributed by atoms with Crippen LogP contribution in [-0.4, -0.2) is 81.6 Å². The summed E-state index contributed by atoms with van der Waals surface area (Å²) in [5.74, 6) is 0.